The molecule has 0 radical (unpaired) electrons. The van der Waals surface area contributed by atoms with Gasteiger partial charge in [-0.25, -0.2) is 9.37 Å². The number of amides is 1. The number of aromatic nitrogens is 2. The van der Waals surface area contributed by atoms with Crippen LogP contribution in [0.25, 0.3) is 17.1 Å². The van der Waals surface area contributed by atoms with Crippen molar-refractivity contribution in [2.24, 2.45) is 0 Å². The summed E-state index contributed by atoms with van der Waals surface area (Å²) >= 11 is 0. The van der Waals surface area contributed by atoms with E-state index in [2.05, 4.69) is 15.3 Å². The van der Waals surface area contributed by atoms with Crippen molar-refractivity contribution in [2.45, 2.75) is 6.54 Å². The summed E-state index contributed by atoms with van der Waals surface area (Å²) in [5.74, 6) is -0.562. The van der Waals surface area contributed by atoms with Gasteiger partial charge in [0.15, 0.2) is 0 Å². The molecule has 0 unspecified atom stereocenters. The van der Waals surface area contributed by atoms with E-state index in [0.717, 1.165) is 29.2 Å². The van der Waals surface area contributed by atoms with Crippen LogP contribution in [0.2, 0.25) is 0 Å². The number of carbonyl (C=O) groups is 1. The average Bonchev–Trinajstić information content (AvgIpc) is 3.01. The number of nitro benzene ring substituents is 1. The molecule has 0 aliphatic rings. The second kappa shape index (κ2) is 6.91. The van der Waals surface area contributed by atoms with Crippen molar-refractivity contribution in [3.05, 3.63) is 75.9 Å². The summed E-state index contributed by atoms with van der Waals surface area (Å²) in [4.78, 5) is 29.5. The molecular weight excluding hydrogens is 327 g/mol. The molecule has 3 rings (SSSR count). The Morgan fingerprint density at radius 1 is 1.32 bits per heavy atom. The van der Waals surface area contributed by atoms with Crippen LogP contribution in [0.15, 0.2) is 48.5 Å². The number of nitrogens with zero attached hydrogens (tertiary/aromatic N) is 2. The zero-order valence-corrected chi connectivity index (χ0v) is 12.9. The molecule has 0 saturated carbocycles. The Labute approximate surface area is 141 Å². The van der Waals surface area contributed by atoms with Crippen molar-refractivity contribution in [3.8, 4) is 0 Å². The monoisotopic (exact) mass is 340 g/mol. The van der Waals surface area contributed by atoms with Crippen LogP contribution < -0.4 is 5.32 Å². The number of benzene rings is 2. The summed E-state index contributed by atoms with van der Waals surface area (Å²) in [5.41, 5.74) is 1.40. The maximum Gasteiger partial charge on any atom is 0.279 e. The van der Waals surface area contributed by atoms with Gasteiger partial charge in [-0.05, 0) is 30.3 Å². The first-order valence-corrected chi connectivity index (χ1v) is 7.36. The van der Waals surface area contributed by atoms with Gasteiger partial charge >= 0.3 is 0 Å². The Hall–Kier alpha value is -3.55. The van der Waals surface area contributed by atoms with Crippen LogP contribution in [-0.4, -0.2) is 20.8 Å². The van der Waals surface area contributed by atoms with Gasteiger partial charge in [-0.1, -0.05) is 12.1 Å². The molecule has 1 amide bonds. The highest BCUT2D eigenvalue weighted by Gasteiger charge is 2.13. The lowest BCUT2D eigenvalue weighted by Gasteiger charge is -2.00. The van der Waals surface area contributed by atoms with E-state index in [4.69, 9.17) is 0 Å². The van der Waals surface area contributed by atoms with E-state index < -0.39 is 22.3 Å². The molecular formula is C17H13FN4O3. The van der Waals surface area contributed by atoms with Gasteiger partial charge in [0, 0.05) is 6.08 Å². The summed E-state index contributed by atoms with van der Waals surface area (Å²) in [6.45, 7) is 0.184. The highest BCUT2D eigenvalue weighted by molar-refractivity contribution is 5.92. The van der Waals surface area contributed by atoms with Gasteiger partial charge < -0.3 is 10.3 Å². The fourth-order valence-electron chi connectivity index (χ4n) is 2.30. The molecule has 0 bridgehead atoms. The summed E-state index contributed by atoms with van der Waals surface area (Å²) < 4.78 is 13.1. The lowest BCUT2D eigenvalue weighted by Crippen LogP contribution is -2.20. The van der Waals surface area contributed by atoms with Crippen molar-refractivity contribution in [1.29, 1.82) is 0 Å². The number of nitro groups is 1. The third-order valence-corrected chi connectivity index (χ3v) is 3.47. The van der Waals surface area contributed by atoms with Crippen LogP contribution in [0.1, 0.15) is 11.4 Å². The molecule has 7 nitrogen and oxygen atoms in total. The van der Waals surface area contributed by atoms with Crippen molar-refractivity contribution < 1.29 is 14.1 Å². The minimum absolute atomic E-state index is 0.144. The molecule has 2 aromatic carbocycles. The van der Waals surface area contributed by atoms with Gasteiger partial charge in [0.1, 0.15) is 11.6 Å². The van der Waals surface area contributed by atoms with Crippen molar-refractivity contribution in [3.63, 3.8) is 0 Å². The van der Waals surface area contributed by atoms with Crippen LogP contribution in [0.4, 0.5) is 10.1 Å². The lowest BCUT2D eigenvalue weighted by atomic mass is 10.1. The van der Waals surface area contributed by atoms with Crippen molar-refractivity contribution in [2.75, 3.05) is 0 Å². The van der Waals surface area contributed by atoms with E-state index >= 15 is 0 Å². The fourth-order valence-corrected chi connectivity index (χ4v) is 2.30. The molecule has 126 valence electrons. The molecule has 0 atom stereocenters. The van der Waals surface area contributed by atoms with Crippen LogP contribution in [-0.2, 0) is 11.3 Å². The molecule has 2 N–H and O–H groups in total. The average molecular weight is 340 g/mol. The number of aromatic amines is 1. The predicted octanol–water partition coefficient (Wildman–Crippen LogP) is 2.94. The number of rotatable bonds is 5. The Bertz CT molecular complexity index is 948. The molecule has 0 spiro atoms. The number of hydrogen-bond acceptors (Lipinski definition) is 4. The first-order chi connectivity index (χ1) is 12.0. The van der Waals surface area contributed by atoms with Crippen molar-refractivity contribution >= 4 is 28.7 Å². The van der Waals surface area contributed by atoms with Gasteiger partial charge in [-0.2, -0.15) is 0 Å². The summed E-state index contributed by atoms with van der Waals surface area (Å²) in [6.07, 6.45) is 2.43. The fraction of sp³-hybridized carbons (Fsp3) is 0.0588. The smallest absolute Gasteiger partial charge is 0.279 e. The largest absolute Gasteiger partial charge is 0.345 e. The maximum atomic E-state index is 13.1. The summed E-state index contributed by atoms with van der Waals surface area (Å²) in [7, 11) is 0. The van der Waals surface area contributed by atoms with Crippen LogP contribution >= 0.6 is 0 Å². The number of hydrogen-bond donors (Lipinski definition) is 2. The zero-order chi connectivity index (χ0) is 17.8. The minimum Gasteiger partial charge on any atom is -0.345 e. The summed E-state index contributed by atoms with van der Waals surface area (Å²) in [6, 6.07) is 10.6. The second-order valence-electron chi connectivity index (χ2n) is 5.21. The molecule has 1 heterocycles. The topological polar surface area (TPSA) is 101 Å². The first kappa shape index (κ1) is 16.3. The van der Waals surface area contributed by atoms with Crippen LogP contribution in [0.5, 0.6) is 0 Å². The van der Waals surface area contributed by atoms with Gasteiger partial charge in [0.05, 0.1) is 34.1 Å². The SMILES string of the molecule is O=C(C=Cc1ccc(F)cc1[N+](=O)[O-])NCc1nc2ccccc2[nH]1. The Morgan fingerprint density at radius 3 is 2.88 bits per heavy atom. The first-order valence-electron chi connectivity index (χ1n) is 7.36. The molecule has 0 aliphatic carbocycles. The highest BCUT2D eigenvalue weighted by atomic mass is 19.1. The van der Waals surface area contributed by atoms with E-state index in [-0.39, 0.29) is 12.1 Å². The Morgan fingerprint density at radius 2 is 2.12 bits per heavy atom. The minimum atomic E-state index is -0.710. The molecule has 0 saturated heterocycles. The number of carbonyl (C=O) groups excluding carboxylic acids is 1. The Balaban J connectivity index is 1.66. The van der Waals surface area contributed by atoms with Gasteiger partial charge in [0.25, 0.3) is 5.69 Å². The number of halogens is 1. The zero-order valence-electron chi connectivity index (χ0n) is 12.9. The number of para-hydroxylation sites is 2. The number of H-pyrrole nitrogens is 1. The van der Waals surface area contributed by atoms with Gasteiger partial charge in [-0.15, -0.1) is 0 Å². The van der Waals surface area contributed by atoms with Crippen LogP contribution in [0, 0.1) is 15.9 Å². The highest BCUT2D eigenvalue weighted by Crippen LogP contribution is 2.21. The van der Waals surface area contributed by atoms with Crippen LogP contribution in [0.3, 0.4) is 0 Å². The molecule has 8 heteroatoms. The van der Waals surface area contributed by atoms with Gasteiger partial charge in [0.2, 0.25) is 5.91 Å². The van der Waals surface area contributed by atoms with E-state index in [9.17, 15) is 19.3 Å². The van der Waals surface area contributed by atoms with E-state index in [1.54, 1.807) is 0 Å². The number of imidazole rings is 1. The maximum absolute atomic E-state index is 13.1. The standard InChI is InChI=1S/C17H13FN4O3/c18-12-7-5-11(15(9-12)22(24)25)6-8-17(23)19-10-16-20-13-3-1-2-4-14(13)21-16/h1-9H,10H2,(H,19,23)(H,20,21). The normalized spacial score (nSPS) is 11.1. The molecule has 25 heavy (non-hydrogen) atoms. The van der Waals surface area contributed by atoms with Crippen molar-refractivity contribution in [1.82, 2.24) is 15.3 Å². The predicted molar refractivity (Wildman–Crippen MR) is 90.0 cm³/mol. The van der Waals surface area contributed by atoms with E-state index in [1.165, 1.54) is 12.1 Å². The molecule has 3 aromatic rings. The molecule has 1 aromatic heterocycles. The lowest BCUT2D eigenvalue weighted by molar-refractivity contribution is -0.385. The number of fused-ring (bicyclic) bond motifs is 1. The van der Waals surface area contributed by atoms with Gasteiger partial charge in [-0.3, -0.25) is 14.9 Å². The van der Waals surface area contributed by atoms with E-state index in [0.29, 0.717) is 5.82 Å². The van der Waals surface area contributed by atoms with E-state index in [1.807, 2.05) is 24.3 Å². The third-order valence-electron chi connectivity index (χ3n) is 3.47. The second-order valence-corrected chi connectivity index (χ2v) is 5.21. The summed E-state index contributed by atoms with van der Waals surface area (Å²) in [5, 5.41) is 13.5. The third kappa shape index (κ3) is 3.86. The molecule has 0 aliphatic heterocycles. The Kier molecular flexibility index (Phi) is 4.51. The number of nitrogens with one attached hydrogen (secondary N) is 2. The molecule has 0 fully saturated rings. The quantitative estimate of drug-likeness (QED) is 0.423.